The van der Waals surface area contributed by atoms with Crippen LogP contribution in [0.25, 0.3) is 0 Å². The van der Waals surface area contributed by atoms with Gasteiger partial charge in [0.1, 0.15) is 11.7 Å². The molecule has 0 unspecified atom stereocenters. The third-order valence-electron chi connectivity index (χ3n) is 4.28. The van der Waals surface area contributed by atoms with Crippen molar-refractivity contribution < 1.29 is 14.4 Å². The van der Waals surface area contributed by atoms with E-state index in [2.05, 4.69) is 5.32 Å². The molecule has 0 spiro atoms. The Bertz CT molecular complexity index is 610. The number of hydrogen-bond donors (Lipinski definition) is 1. The van der Waals surface area contributed by atoms with E-state index in [4.69, 9.17) is 11.6 Å². The van der Waals surface area contributed by atoms with Crippen molar-refractivity contribution in [1.29, 1.82) is 0 Å². The molecule has 1 saturated heterocycles. The molecular formula is C18H23ClN2O3. The summed E-state index contributed by atoms with van der Waals surface area (Å²) < 4.78 is 0. The summed E-state index contributed by atoms with van der Waals surface area (Å²) in [5.74, 6) is -1.93. The number of benzene rings is 1. The van der Waals surface area contributed by atoms with Crippen molar-refractivity contribution >= 4 is 34.9 Å². The van der Waals surface area contributed by atoms with Crippen LogP contribution in [0.4, 0.5) is 5.69 Å². The molecule has 24 heavy (non-hydrogen) atoms. The van der Waals surface area contributed by atoms with E-state index in [0.717, 1.165) is 25.7 Å². The Morgan fingerprint density at radius 3 is 2.33 bits per heavy atom. The van der Waals surface area contributed by atoms with Crippen LogP contribution in [-0.2, 0) is 14.4 Å². The molecule has 1 N–H and O–H groups in total. The monoisotopic (exact) mass is 350 g/mol. The first-order chi connectivity index (χ1) is 11.5. The maximum absolute atomic E-state index is 12.5. The van der Waals surface area contributed by atoms with E-state index >= 15 is 0 Å². The second-order valence-electron chi connectivity index (χ2n) is 6.13. The molecule has 1 fully saturated rings. The third kappa shape index (κ3) is 5.06. The molecule has 5 nitrogen and oxygen atoms in total. The largest absolute Gasteiger partial charge is 0.343 e. The SMILES string of the molecule is CC(=O)[C@@H](CC(=O)N1CCCCCC1)C(=O)Nc1ccccc1Cl. The van der Waals surface area contributed by atoms with Gasteiger partial charge in [0, 0.05) is 19.5 Å². The molecule has 130 valence electrons. The lowest BCUT2D eigenvalue weighted by Crippen LogP contribution is -2.37. The molecular weight excluding hydrogens is 328 g/mol. The number of para-hydroxylation sites is 1. The van der Waals surface area contributed by atoms with Gasteiger partial charge in [-0.1, -0.05) is 36.6 Å². The first-order valence-corrected chi connectivity index (χ1v) is 8.70. The van der Waals surface area contributed by atoms with Gasteiger partial charge < -0.3 is 10.2 Å². The smallest absolute Gasteiger partial charge is 0.235 e. The van der Waals surface area contributed by atoms with E-state index in [1.807, 2.05) is 0 Å². The lowest BCUT2D eigenvalue weighted by Gasteiger charge is -2.22. The molecule has 0 aliphatic carbocycles. The highest BCUT2D eigenvalue weighted by molar-refractivity contribution is 6.33. The van der Waals surface area contributed by atoms with Crippen molar-refractivity contribution in [2.75, 3.05) is 18.4 Å². The topological polar surface area (TPSA) is 66.5 Å². The average molecular weight is 351 g/mol. The van der Waals surface area contributed by atoms with Crippen LogP contribution in [0.15, 0.2) is 24.3 Å². The summed E-state index contributed by atoms with van der Waals surface area (Å²) in [6.45, 7) is 2.75. The zero-order valence-electron chi connectivity index (χ0n) is 13.9. The summed E-state index contributed by atoms with van der Waals surface area (Å²) >= 11 is 6.02. The predicted octanol–water partition coefficient (Wildman–Crippen LogP) is 3.28. The zero-order valence-corrected chi connectivity index (χ0v) is 14.6. The first-order valence-electron chi connectivity index (χ1n) is 8.32. The third-order valence-corrected chi connectivity index (χ3v) is 4.61. The molecule has 6 heteroatoms. The summed E-state index contributed by atoms with van der Waals surface area (Å²) in [6.07, 6.45) is 4.09. The van der Waals surface area contributed by atoms with E-state index in [1.165, 1.54) is 6.92 Å². The number of anilines is 1. The molecule has 1 aliphatic heterocycles. The van der Waals surface area contributed by atoms with E-state index in [9.17, 15) is 14.4 Å². The van der Waals surface area contributed by atoms with Crippen LogP contribution >= 0.6 is 11.6 Å². The van der Waals surface area contributed by atoms with Gasteiger partial charge in [0.15, 0.2) is 0 Å². The number of Topliss-reactive ketones (excluding diaryl/α,β-unsaturated/α-hetero) is 1. The minimum absolute atomic E-state index is 0.0916. The second-order valence-corrected chi connectivity index (χ2v) is 6.54. The number of hydrogen-bond acceptors (Lipinski definition) is 3. The van der Waals surface area contributed by atoms with Crippen molar-refractivity contribution in [1.82, 2.24) is 4.90 Å². The Morgan fingerprint density at radius 1 is 1.12 bits per heavy atom. The molecule has 1 aliphatic rings. The van der Waals surface area contributed by atoms with Gasteiger partial charge in [-0.3, -0.25) is 14.4 Å². The number of halogens is 1. The van der Waals surface area contributed by atoms with E-state index in [0.29, 0.717) is 23.8 Å². The van der Waals surface area contributed by atoms with Crippen molar-refractivity contribution in [2.45, 2.75) is 39.0 Å². The number of amides is 2. The summed E-state index contributed by atoms with van der Waals surface area (Å²) in [5.41, 5.74) is 0.442. The van der Waals surface area contributed by atoms with Crippen molar-refractivity contribution in [3.05, 3.63) is 29.3 Å². The Labute approximate surface area is 147 Å². The van der Waals surface area contributed by atoms with E-state index in [1.54, 1.807) is 29.2 Å². The number of rotatable bonds is 5. The lowest BCUT2D eigenvalue weighted by atomic mass is 9.99. The van der Waals surface area contributed by atoms with Crippen LogP contribution in [0.1, 0.15) is 39.0 Å². The highest BCUT2D eigenvalue weighted by Crippen LogP contribution is 2.22. The van der Waals surface area contributed by atoms with Crippen LogP contribution in [0.3, 0.4) is 0 Å². The maximum atomic E-state index is 12.5. The fourth-order valence-corrected chi connectivity index (χ4v) is 3.01. The standard InChI is InChI=1S/C18H23ClN2O3/c1-13(22)14(12-17(23)21-10-6-2-3-7-11-21)18(24)20-16-9-5-4-8-15(16)19/h4-5,8-9,14H,2-3,6-7,10-12H2,1H3,(H,20,24)/t14-/m1/s1. The van der Waals surface area contributed by atoms with Gasteiger partial charge in [-0.05, 0) is 31.9 Å². The van der Waals surface area contributed by atoms with Gasteiger partial charge in [-0.15, -0.1) is 0 Å². The number of likely N-dealkylation sites (tertiary alicyclic amines) is 1. The fourth-order valence-electron chi connectivity index (χ4n) is 2.83. The molecule has 1 aromatic carbocycles. The molecule has 1 aromatic rings. The van der Waals surface area contributed by atoms with E-state index < -0.39 is 11.8 Å². The van der Waals surface area contributed by atoms with E-state index in [-0.39, 0.29) is 18.1 Å². The molecule has 2 amide bonds. The highest BCUT2D eigenvalue weighted by atomic mass is 35.5. The van der Waals surface area contributed by atoms with Crippen molar-refractivity contribution in [3.8, 4) is 0 Å². The normalized spacial score (nSPS) is 16.2. The summed E-state index contributed by atoms with van der Waals surface area (Å²) in [4.78, 5) is 38.5. The quantitative estimate of drug-likeness (QED) is 0.829. The first kappa shape index (κ1) is 18.5. The molecule has 0 aromatic heterocycles. The summed E-state index contributed by atoms with van der Waals surface area (Å²) in [5, 5.41) is 3.05. The van der Waals surface area contributed by atoms with Gasteiger partial charge in [0.25, 0.3) is 0 Å². The lowest BCUT2D eigenvalue weighted by molar-refractivity contribution is -0.139. The Morgan fingerprint density at radius 2 is 1.75 bits per heavy atom. The predicted molar refractivity (Wildman–Crippen MR) is 93.9 cm³/mol. The van der Waals surface area contributed by atoms with Crippen molar-refractivity contribution in [3.63, 3.8) is 0 Å². The van der Waals surface area contributed by atoms with Gasteiger partial charge in [0.2, 0.25) is 11.8 Å². The second kappa shape index (κ2) is 8.83. The van der Waals surface area contributed by atoms with Crippen LogP contribution < -0.4 is 5.32 Å². The number of ketones is 1. The maximum Gasteiger partial charge on any atom is 0.235 e. The minimum Gasteiger partial charge on any atom is -0.343 e. The van der Waals surface area contributed by atoms with Gasteiger partial charge in [-0.25, -0.2) is 0 Å². The van der Waals surface area contributed by atoms with Gasteiger partial charge in [0.05, 0.1) is 10.7 Å². The molecule has 0 radical (unpaired) electrons. The van der Waals surface area contributed by atoms with Crippen molar-refractivity contribution in [2.24, 2.45) is 5.92 Å². The Balaban J connectivity index is 2.02. The molecule has 0 bridgehead atoms. The van der Waals surface area contributed by atoms with Gasteiger partial charge >= 0.3 is 0 Å². The highest BCUT2D eigenvalue weighted by Gasteiger charge is 2.29. The summed E-state index contributed by atoms with van der Waals surface area (Å²) in [6, 6.07) is 6.81. The van der Waals surface area contributed by atoms with Crippen LogP contribution in [0.2, 0.25) is 5.02 Å². The van der Waals surface area contributed by atoms with Crippen LogP contribution in [0, 0.1) is 5.92 Å². The van der Waals surface area contributed by atoms with Crippen LogP contribution in [-0.4, -0.2) is 35.6 Å². The number of nitrogens with one attached hydrogen (secondary N) is 1. The number of carbonyl (C=O) groups is 3. The Hall–Kier alpha value is -1.88. The Kier molecular flexibility index (Phi) is 6.79. The van der Waals surface area contributed by atoms with Crippen LogP contribution in [0.5, 0.6) is 0 Å². The number of carbonyl (C=O) groups excluding carboxylic acids is 3. The molecule has 1 atom stereocenters. The molecule has 2 rings (SSSR count). The fraction of sp³-hybridized carbons (Fsp3) is 0.500. The molecule has 0 saturated carbocycles. The average Bonchev–Trinajstić information content (AvgIpc) is 2.83. The summed E-state index contributed by atoms with van der Waals surface area (Å²) in [7, 11) is 0. The zero-order chi connectivity index (χ0) is 17.5. The molecule has 1 heterocycles. The minimum atomic E-state index is -0.989. The number of nitrogens with zero attached hydrogens (tertiary/aromatic N) is 1. The van der Waals surface area contributed by atoms with Gasteiger partial charge in [-0.2, -0.15) is 0 Å².